The molecule has 3 aromatic heterocycles. The number of piperidine rings is 1. The number of H-pyrrole nitrogens is 1. The average molecular weight is 437 g/mol. The van der Waals surface area contributed by atoms with E-state index in [4.69, 9.17) is 4.74 Å². The van der Waals surface area contributed by atoms with E-state index in [1.54, 1.807) is 24.4 Å². The van der Waals surface area contributed by atoms with Crippen molar-refractivity contribution in [3.05, 3.63) is 58.6 Å². The fraction of sp³-hybridized carbons (Fsp3) is 0.391. The minimum atomic E-state index is -0.270. The number of carbonyl (C=O) groups excluding carboxylic acids is 1. The normalized spacial score (nSPS) is 16.6. The van der Waals surface area contributed by atoms with E-state index >= 15 is 0 Å². The number of amides is 1. The van der Waals surface area contributed by atoms with Gasteiger partial charge in [-0.15, -0.1) is 0 Å². The predicted molar refractivity (Wildman–Crippen MR) is 121 cm³/mol. The Kier molecular flexibility index (Phi) is 6.65. The molecule has 168 valence electrons. The highest BCUT2D eigenvalue weighted by molar-refractivity contribution is 5.94. The number of hydrogen-bond acceptors (Lipinski definition) is 6. The molecule has 1 saturated heterocycles. The molecule has 1 aliphatic rings. The Morgan fingerprint density at radius 2 is 2.16 bits per heavy atom. The van der Waals surface area contributed by atoms with Crippen molar-refractivity contribution in [1.82, 2.24) is 30.0 Å². The van der Waals surface area contributed by atoms with E-state index in [0.29, 0.717) is 28.5 Å². The van der Waals surface area contributed by atoms with Crippen LogP contribution in [0.5, 0.6) is 5.88 Å². The second-order valence-corrected chi connectivity index (χ2v) is 7.83. The van der Waals surface area contributed by atoms with Crippen LogP contribution in [0.25, 0.3) is 17.1 Å². The van der Waals surface area contributed by atoms with Crippen molar-refractivity contribution in [2.24, 2.45) is 0 Å². The highest BCUT2D eigenvalue weighted by atomic mass is 16.5. The van der Waals surface area contributed by atoms with Gasteiger partial charge < -0.3 is 10.1 Å². The van der Waals surface area contributed by atoms with E-state index in [9.17, 15) is 9.59 Å². The van der Waals surface area contributed by atoms with Gasteiger partial charge in [0.2, 0.25) is 5.88 Å². The number of aromatic amines is 1. The molecule has 4 rings (SSSR count). The van der Waals surface area contributed by atoms with Gasteiger partial charge in [0, 0.05) is 25.0 Å². The van der Waals surface area contributed by atoms with Crippen molar-refractivity contribution in [2.75, 3.05) is 20.2 Å². The number of ether oxygens (including phenoxy) is 1. The van der Waals surface area contributed by atoms with Crippen molar-refractivity contribution in [1.29, 1.82) is 0 Å². The van der Waals surface area contributed by atoms with Gasteiger partial charge >= 0.3 is 0 Å². The molecule has 1 aliphatic heterocycles. The smallest absolute Gasteiger partial charge is 0.273 e. The molecule has 1 unspecified atom stereocenters. The largest absolute Gasteiger partial charge is 0.481 e. The van der Waals surface area contributed by atoms with Crippen LogP contribution in [0, 0.1) is 0 Å². The molecule has 4 heterocycles. The van der Waals surface area contributed by atoms with Crippen LogP contribution in [0.1, 0.15) is 43.0 Å². The number of likely N-dealkylation sites (tertiary alicyclic amines) is 1. The molecular formula is C23H28N6O3. The fourth-order valence-corrected chi connectivity index (χ4v) is 4.06. The molecule has 0 radical (unpaired) electrons. The Morgan fingerprint density at radius 1 is 1.28 bits per heavy atom. The Labute approximate surface area is 186 Å². The number of nitrogens with one attached hydrogen (secondary N) is 2. The van der Waals surface area contributed by atoms with Gasteiger partial charge in [0.25, 0.3) is 11.5 Å². The summed E-state index contributed by atoms with van der Waals surface area (Å²) in [5.74, 6) is 0.656. The maximum atomic E-state index is 12.8. The van der Waals surface area contributed by atoms with Gasteiger partial charge in [-0.25, -0.2) is 14.6 Å². The minimum Gasteiger partial charge on any atom is -0.481 e. The number of nitrogens with zero attached hydrogens (tertiary/aromatic N) is 4. The quantitative estimate of drug-likeness (QED) is 0.590. The number of carbonyl (C=O) groups is 1. The lowest BCUT2D eigenvalue weighted by molar-refractivity contribution is 0.0775. The van der Waals surface area contributed by atoms with Crippen molar-refractivity contribution < 1.29 is 9.53 Å². The topological polar surface area (TPSA) is 105 Å². The summed E-state index contributed by atoms with van der Waals surface area (Å²) >= 11 is 0. The van der Waals surface area contributed by atoms with Gasteiger partial charge in [0.15, 0.2) is 5.82 Å². The molecule has 0 aromatic carbocycles. The second-order valence-electron chi connectivity index (χ2n) is 7.83. The SMILES string of the molecule is CCCN1CCCCC1NC(=O)c1ccc(-n2[nH]c(-c3cccnc3OC)cc2=O)nc1. The summed E-state index contributed by atoms with van der Waals surface area (Å²) in [7, 11) is 1.53. The molecule has 9 nitrogen and oxygen atoms in total. The first-order chi connectivity index (χ1) is 15.6. The van der Waals surface area contributed by atoms with Crippen molar-refractivity contribution in [3.63, 3.8) is 0 Å². The van der Waals surface area contributed by atoms with Crippen molar-refractivity contribution in [3.8, 4) is 23.0 Å². The molecule has 1 amide bonds. The van der Waals surface area contributed by atoms with Crippen molar-refractivity contribution in [2.45, 2.75) is 38.8 Å². The third-order valence-electron chi connectivity index (χ3n) is 5.64. The summed E-state index contributed by atoms with van der Waals surface area (Å²) in [4.78, 5) is 36.1. The number of aromatic nitrogens is 4. The highest BCUT2D eigenvalue weighted by Gasteiger charge is 2.23. The first kappa shape index (κ1) is 21.8. The van der Waals surface area contributed by atoms with E-state index in [0.717, 1.165) is 32.4 Å². The molecule has 2 N–H and O–H groups in total. The predicted octanol–water partition coefficient (Wildman–Crippen LogP) is 2.58. The second kappa shape index (κ2) is 9.78. The lowest BCUT2D eigenvalue weighted by Gasteiger charge is -2.35. The highest BCUT2D eigenvalue weighted by Crippen LogP contribution is 2.25. The molecule has 1 atom stereocenters. The molecular weight excluding hydrogens is 408 g/mol. The van der Waals surface area contributed by atoms with E-state index in [-0.39, 0.29) is 17.6 Å². The van der Waals surface area contributed by atoms with Gasteiger partial charge in [-0.2, -0.15) is 0 Å². The van der Waals surface area contributed by atoms with E-state index in [2.05, 4.69) is 32.2 Å². The molecule has 32 heavy (non-hydrogen) atoms. The molecule has 1 fully saturated rings. The zero-order valence-corrected chi connectivity index (χ0v) is 18.4. The van der Waals surface area contributed by atoms with Gasteiger partial charge in [-0.05, 0) is 56.5 Å². The van der Waals surface area contributed by atoms with Crippen LogP contribution in [0.2, 0.25) is 0 Å². The summed E-state index contributed by atoms with van der Waals surface area (Å²) in [6.45, 7) is 4.13. The monoisotopic (exact) mass is 436 g/mol. The number of hydrogen-bond donors (Lipinski definition) is 2. The van der Waals surface area contributed by atoms with E-state index in [1.807, 2.05) is 6.07 Å². The minimum absolute atomic E-state index is 0.0546. The summed E-state index contributed by atoms with van der Waals surface area (Å²) < 4.78 is 6.60. The summed E-state index contributed by atoms with van der Waals surface area (Å²) in [6, 6.07) is 8.39. The molecule has 0 saturated carbocycles. The zero-order chi connectivity index (χ0) is 22.5. The number of methoxy groups -OCH3 is 1. The van der Waals surface area contributed by atoms with E-state index in [1.165, 1.54) is 30.5 Å². The van der Waals surface area contributed by atoms with Crippen LogP contribution in [-0.4, -0.2) is 56.9 Å². The number of rotatable bonds is 7. The standard InChI is InChI=1S/C23H28N6O3/c1-3-12-28-13-5-4-8-20(28)26-22(31)16-9-10-19(25-15-16)29-21(30)14-18(27-29)17-7-6-11-24-23(17)32-2/h6-7,9-11,14-15,20,27H,3-5,8,12-13H2,1-2H3,(H,26,31). The van der Waals surface area contributed by atoms with Gasteiger partial charge in [-0.3, -0.25) is 19.6 Å². The molecule has 0 bridgehead atoms. The fourth-order valence-electron chi connectivity index (χ4n) is 4.06. The molecule has 3 aromatic rings. The Balaban J connectivity index is 1.51. The first-order valence-electron chi connectivity index (χ1n) is 10.9. The van der Waals surface area contributed by atoms with Gasteiger partial charge in [0.1, 0.15) is 0 Å². The Bertz CT molecular complexity index is 1120. The summed E-state index contributed by atoms with van der Waals surface area (Å²) in [5, 5.41) is 6.17. The van der Waals surface area contributed by atoms with Crippen LogP contribution in [0.4, 0.5) is 0 Å². The van der Waals surface area contributed by atoms with Crippen LogP contribution < -0.4 is 15.6 Å². The van der Waals surface area contributed by atoms with Gasteiger partial charge in [0.05, 0.1) is 30.1 Å². The molecule has 0 aliphatic carbocycles. The summed E-state index contributed by atoms with van der Waals surface area (Å²) in [5.41, 5.74) is 1.43. The maximum Gasteiger partial charge on any atom is 0.273 e. The zero-order valence-electron chi connectivity index (χ0n) is 18.4. The average Bonchev–Trinajstić information content (AvgIpc) is 3.22. The Morgan fingerprint density at radius 3 is 2.91 bits per heavy atom. The Hall–Kier alpha value is -3.46. The first-order valence-corrected chi connectivity index (χ1v) is 10.9. The molecule has 0 spiro atoms. The third kappa shape index (κ3) is 4.57. The van der Waals surface area contributed by atoms with Gasteiger partial charge in [-0.1, -0.05) is 6.92 Å². The van der Waals surface area contributed by atoms with E-state index < -0.39 is 0 Å². The van der Waals surface area contributed by atoms with Crippen LogP contribution in [0.3, 0.4) is 0 Å². The number of pyridine rings is 2. The van der Waals surface area contributed by atoms with Crippen LogP contribution >= 0.6 is 0 Å². The van der Waals surface area contributed by atoms with Crippen molar-refractivity contribution >= 4 is 5.91 Å². The third-order valence-corrected chi connectivity index (χ3v) is 5.64. The van der Waals surface area contributed by atoms with Crippen LogP contribution in [-0.2, 0) is 0 Å². The summed E-state index contributed by atoms with van der Waals surface area (Å²) in [6.07, 6.45) is 7.46. The van der Waals surface area contributed by atoms with Crippen LogP contribution in [0.15, 0.2) is 47.5 Å². The lowest BCUT2D eigenvalue weighted by Crippen LogP contribution is -2.50. The molecule has 9 heteroatoms. The lowest BCUT2D eigenvalue weighted by atomic mass is 10.1. The maximum absolute atomic E-state index is 12.8.